The molecule has 154 valence electrons. The van der Waals surface area contributed by atoms with E-state index in [0.29, 0.717) is 50.9 Å². The van der Waals surface area contributed by atoms with Crippen LogP contribution in [0.3, 0.4) is 0 Å². The summed E-state index contributed by atoms with van der Waals surface area (Å²) in [6, 6.07) is 11.1. The number of amides is 1. The number of carbonyl (C=O) groups is 1. The van der Waals surface area contributed by atoms with Gasteiger partial charge in [-0.3, -0.25) is 14.9 Å². The summed E-state index contributed by atoms with van der Waals surface area (Å²) >= 11 is 0. The number of hydrogen-bond acceptors (Lipinski definition) is 6. The van der Waals surface area contributed by atoms with Gasteiger partial charge in [0.2, 0.25) is 5.91 Å². The van der Waals surface area contributed by atoms with Gasteiger partial charge in [-0.25, -0.2) is 4.98 Å². The summed E-state index contributed by atoms with van der Waals surface area (Å²) in [4.78, 5) is 30.7. The summed E-state index contributed by atoms with van der Waals surface area (Å²) in [6.07, 6.45) is 1.60. The number of pyridine rings is 1. The van der Waals surface area contributed by atoms with Crippen LogP contribution in [0, 0.1) is 10.1 Å². The smallest absolute Gasteiger partial charge is 0.287 e. The van der Waals surface area contributed by atoms with Crippen molar-refractivity contribution in [1.29, 1.82) is 0 Å². The van der Waals surface area contributed by atoms with E-state index in [-0.39, 0.29) is 11.6 Å². The van der Waals surface area contributed by atoms with Crippen LogP contribution in [0.2, 0.25) is 0 Å². The molecule has 0 unspecified atom stereocenters. The molecule has 0 saturated carbocycles. The van der Waals surface area contributed by atoms with E-state index in [2.05, 4.69) is 18.8 Å². The fourth-order valence-corrected chi connectivity index (χ4v) is 3.22. The van der Waals surface area contributed by atoms with Gasteiger partial charge in [-0.1, -0.05) is 26.0 Å². The molecule has 0 atom stereocenters. The van der Waals surface area contributed by atoms with Crippen LogP contribution in [0.4, 0.5) is 11.5 Å². The standard InChI is InChI=1S/C21H26N4O4/c1-16(2)17-3-6-19(7-4-17)29-14-9-21(26)24-12-10-23(11-13-24)20-8-5-18(15-22-20)25(27)28/h3-8,15-16H,9-14H2,1-2H3. The van der Waals surface area contributed by atoms with Crippen LogP contribution < -0.4 is 9.64 Å². The molecular formula is C21H26N4O4. The van der Waals surface area contributed by atoms with Crippen LogP contribution in [0.15, 0.2) is 42.6 Å². The molecule has 1 fully saturated rings. The third kappa shape index (κ3) is 5.43. The lowest BCUT2D eigenvalue weighted by molar-refractivity contribution is -0.385. The lowest BCUT2D eigenvalue weighted by atomic mass is 10.0. The Morgan fingerprint density at radius 1 is 1.14 bits per heavy atom. The second-order valence-corrected chi connectivity index (χ2v) is 7.32. The van der Waals surface area contributed by atoms with Crippen molar-refractivity contribution in [2.75, 3.05) is 37.7 Å². The third-order valence-electron chi connectivity index (χ3n) is 5.03. The first kappa shape index (κ1) is 20.6. The number of nitro groups is 1. The number of carbonyl (C=O) groups excluding carboxylic acids is 1. The average Bonchev–Trinajstić information content (AvgIpc) is 2.74. The fraction of sp³-hybridized carbons (Fsp3) is 0.429. The van der Waals surface area contributed by atoms with Crippen LogP contribution in [-0.2, 0) is 4.79 Å². The number of ether oxygens (including phenoxy) is 1. The molecule has 2 aromatic rings. The zero-order chi connectivity index (χ0) is 20.8. The molecular weight excluding hydrogens is 372 g/mol. The highest BCUT2D eigenvalue weighted by atomic mass is 16.6. The molecule has 0 spiro atoms. The van der Waals surface area contributed by atoms with Crippen molar-refractivity contribution in [3.63, 3.8) is 0 Å². The van der Waals surface area contributed by atoms with Crippen LogP contribution in [-0.4, -0.2) is 53.5 Å². The van der Waals surface area contributed by atoms with E-state index in [9.17, 15) is 14.9 Å². The Balaban J connectivity index is 1.42. The van der Waals surface area contributed by atoms with Crippen molar-refractivity contribution >= 4 is 17.4 Å². The van der Waals surface area contributed by atoms with Gasteiger partial charge in [-0.05, 0) is 29.7 Å². The lowest BCUT2D eigenvalue weighted by Gasteiger charge is -2.35. The van der Waals surface area contributed by atoms with Crippen LogP contribution >= 0.6 is 0 Å². The molecule has 3 rings (SSSR count). The van der Waals surface area contributed by atoms with Crippen molar-refractivity contribution in [1.82, 2.24) is 9.88 Å². The van der Waals surface area contributed by atoms with E-state index in [1.54, 1.807) is 6.07 Å². The fourth-order valence-electron chi connectivity index (χ4n) is 3.22. The lowest BCUT2D eigenvalue weighted by Crippen LogP contribution is -2.49. The van der Waals surface area contributed by atoms with Gasteiger partial charge in [-0.2, -0.15) is 0 Å². The number of aromatic nitrogens is 1. The number of nitrogens with zero attached hydrogens (tertiary/aromatic N) is 4. The first-order chi connectivity index (χ1) is 13.9. The van der Waals surface area contributed by atoms with Gasteiger partial charge in [0.05, 0.1) is 18.0 Å². The Morgan fingerprint density at radius 3 is 2.38 bits per heavy atom. The van der Waals surface area contributed by atoms with Crippen LogP contribution in [0.1, 0.15) is 31.7 Å². The van der Waals surface area contributed by atoms with Crippen molar-refractivity contribution in [3.05, 3.63) is 58.3 Å². The van der Waals surface area contributed by atoms with E-state index in [4.69, 9.17) is 4.74 Å². The zero-order valence-corrected chi connectivity index (χ0v) is 16.8. The molecule has 8 heteroatoms. The molecule has 1 aliphatic heterocycles. The minimum absolute atomic E-state index is 0.0265. The molecule has 0 bridgehead atoms. The maximum atomic E-state index is 12.4. The molecule has 0 N–H and O–H groups in total. The summed E-state index contributed by atoms with van der Waals surface area (Å²) in [7, 11) is 0. The summed E-state index contributed by atoms with van der Waals surface area (Å²) in [5, 5.41) is 10.7. The van der Waals surface area contributed by atoms with E-state index in [1.807, 2.05) is 34.1 Å². The number of rotatable bonds is 7. The van der Waals surface area contributed by atoms with Crippen molar-refractivity contribution in [2.45, 2.75) is 26.2 Å². The van der Waals surface area contributed by atoms with Gasteiger partial charge in [0.1, 0.15) is 17.8 Å². The maximum Gasteiger partial charge on any atom is 0.287 e. The predicted molar refractivity (Wildman–Crippen MR) is 110 cm³/mol. The van der Waals surface area contributed by atoms with Gasteiger partial charge < -0.3 is 14.5 Å². The quantitative estimate of drug-likeness (QED) is 0.525. The summed E-state index contributed by atoms with van der Waals surface area (Å²) < 4.78 is 5.70. The SMILES string of the molecule is CC(C)c1ccc(OCCC(=O)N2CCN(c3ccc([N+](=O)[O-])cn3)CC2)cc1. The van der Waals surface area contributed by atoms with E-state index in [0.717, 1.165) is 5.75 Å². The monoisotopic (exact) mass is 398 g/mol. The van der Waals surface area contributed by atoms with Gasteiger partial charge >= 0.3 is 0 Å². The molecule has 8 nitrogen and oxygen atoms in total. The molecule has 1 saturated heterocycles. The molecule has 29 heavy (non-hydrogen) atoms. The Labute approximate surface area is 170 Å². The second-order valence-electron chi connectivity index (χ2n) is 7.32. The van der Waals surface area contributed by atoms with E-state index in [1.165, 1.54) is 17.8 Å². The molecule has 1 aliphatic rings. The Hall–Kier alpha value is -3.16. The summed E-state index contributed by atoms with van der Waals surface area (Å²) in [5.41, 5.74) is 1.23. The van der Waals surface area contributed by atoms with Crippen molar-refractivity contribution < 1.29 is 14.5 Å². The second kappa shape index (κ2) is 9.36. The summed E-state index contributed by atoms with van der Waals surface area (Å²) in [5.74, 6) is 2.01. The van der Waals surface area contributed by atoms with Gasteiger partial charge in [-0.15, -0.1) is 0 Å². The molecule has 1 aromatic carbocycles. The number of anilines is 1. The largest absolute Gasteiger partial charge is 0.493 e. The predicted octanol–water partition coefficient (Wildman–Crippen LogP) is 3.23. The summed E-state index contributed by atoms with van der Waals surface area (Å²) in [6.45, 7) is 7.13. The topological polar surface area (TPSA) is 88.8 Å². The number of piperazine rings is 1. The van der Waals surface area contributed by atoms with Gasteiger partial charge in [0.25, 0.3) is 5.69 Å². The van der Waals surface area contributed by atoms with Crippen molar-refractivity contribution in [3.8, 4) is 5.75 Å². The number of benzene rings is 1. The zero-order valence-electron chi connectivity index (χ0n) is 16.8. The van der Waals surface area contributed by atoms with Crippen molar-refractivity contribution in [2.24, 2.45) is 0 Å². The highest BCUT2D eigenvalue weighted by molar-refractivity contribution is 5.76. The Kier molecular flexibility index (Phi) is 6.64. The van der Waals surface area contributed by atoms with Gasteiger partial charge in [0.15, 0.2) is 0 Å². The third-order valence-corrected chi connectivity index (χ3v) is 5.03. The normalized spacial score (nSPS) is 14.2. The Morgan fingerprint density at radius 2 is 1.83 bits per heavy atom. The van der Waals surface area contributed by atoms with Gasteiger partial charge in [0, 0.05) is 32.2 Å². The maximum absolute atomic E-state index is 12.4. The minimum Gasteiger partial charge on any atom is -0.493 e. The molecule has 1 aromatic heterocycles. The average molecular weight is 398 g/mol. The first-order valence-corrected chi connectivity index (χ1v) is 9.80. The first-order valence-electron chi connectivity index (χ1n) is 9.80. The van der Waals surface area contributed by atoms with E-state index < -0.39 is 4.92 Å². The molecule has 0 radical (unpaired) electrons. The molecule has 1 amide bonds. The van der Waals surface area contributed by atoms with E-state index >= 15 is 0 Å². The van der Waals surface area contributed by atoms with Crippen LogP contribution in [0.5, 0.6) is 5.75 Å². The highest BCUT2D eigenvalue weighted by Gasteiger charge is 2.22. The Bertz CT molecular complexity index is 829. The van der Waals surface area contributed by atoms with Crippen LogP contribution in [0.25, 0.3) is 0 Å². The highest BCUT2D eigenvalue weighted by Crippen LogP contribution is 2.19. The molecule has 2 heterocycles. The molecule has 0 aliphatic carbocycles. The minimum atomic E-state index is -0.464. The number of hydrogen-bond donors (Lipinski definition) is 0.